The van der Waals surface area contributed by atoms with Crippen LogP contribution in [0.4, 0.5) is 0 Å². The first-order valence-electron chi connectivity index (χ1n) is 6.36. The Morgan fingerprint density at radius 1 is 1.22 bits per heavy atom. The molecular weight excluding hydrogens is 375 g/mol. The fraction of sp³-hybridized carbons (Fsp3) is 0. The first-order valence-corrected chi connectivity index (χ1v) is 8.34. The quantitative estimate of drug-likeness (QED) is 0.433. The molecular formula is C15H8Cl2N2O2S2. The molecule has 0 atom stereocenters. The van der Waals surface area contributed by atoms with Gasteiger partial charge in [-0.1, -0.05) is 41.0 Å². The van der Waals surface area contributed by atoms with Crippen molar-refractivity contribution in [2.45, 2.75) is 0 Å². The van der Waals surface area contributed by atoms with E-state index in [9.17, 15) is 4.79 Å². The maximum Gasteiger partial charge on any atom is 0.286 e. The van der Waals surface area contributed by atoms with Gasteiger partial charge in [0.25, 0.3) is 5.91 Å². The molecule has 1 amide bonds. The third-order valence-electron chi connectivity index (χ3n) is 2.89. The lowest BCUT2D eigenvalue weighted by Crippen LogP contribution is -2.22. The van der Waals surface area contributed by atoms with E-state index in [4.69, 9.17) is 39.8 Å². The van der Waals surface area contributed by atoms with Gasteiger partial charge in [0.1, 0.15) is 5.76 Å². The molecule has 2 heterocycles. The molecule has 1 fully saturated rings. The third kappa shape index (κ3) is 3.50. The van der Waals surface area contributed by atoms with Crippen LogP contribution in [0.2, 0.25) is 10.0 Å². The van der Waals surface area contributed by atoms with Gasteiger partial charge in [-0.2, -0.15) is 10.1 Å². The van der Waals surface area contributed by atoms with Gasteiger partial charge in [0, 0.05) is 11.6 Å². The summed E-state index contributed by atoms with van der Waals surface area (Å²) in [6.45, 7) is 0. The molecule has 1 aliphatic heterocycles. The molecule has 0 unspecified atom stereocenters. The fourth-order valence-corrected chi connectivity index (χ4v) is 3.46. The number of benzene rings is 1. The van der Waals surface area contributed by atoms with Crippen LogP contribution < -0.4 is 0 Å². The Morgan fingerprint density at radius 3 is 2.61 bits per heavy atom. The zero-order valence-corrected chi connectivity index (χ0v) is 14.5. The highest BCUT2D eigenvalue weighted by atomic mass is 35.5. The third-order valence-corrected chi connectivity index (χ3v) is 4.83. The van der Waals surface area contributed by atoms with Crippen LogP contribution in [0, 0.1) is 0 Å². The second-order valence-corrected chi connectivity index (χ2v) is 6.88. The minimum absolute atomic E-state index is 0.323. The molecule has 8 heteroatoms. The maximum absolute atomic E-state index is 12.4. The molecule has 1 saturated heterocycles. The van der Waals surface area contributed by atoms with Crippen LogP contribution in [-0.2, 0) is 4.79 Å². The molecule has 0 bridgehead atoms. The monoisotopic (exact) mass is 382 g/mol. The largest absolute Gasteiger partial charge is 0.465 e. The molecule has 2 aromatic rings. The zero-order valence-electron chi connectivity index (χ0n) is 11.4. The Balaban J connectivity index is 1.85. The van der Waals surface area contributed by atoms with Crippen molar-refractivity contribution in [3.05, 3.63) is 62.9 Å². The van der Waals surface area contributed by atoms with E-state index in [1.807, 2.05) is 0 Å². The summed E-state index contributed by atoms with van der Waals surface area (Å²) in [6, 6.07) is 8.60. The van der Waals surface area contributed by atoms with Crippen LogP contribution >= 0.6 is 47.2 Å². The number of halogens is 2. The molecule has 0 spiro atoms. The zero-order chi connectivity index (χ0) is 16.4. The molecule has 1 aromatic heterocycles. The number of thiocarbonyl (C=S) groups is 1. The summed E-state index contributed by atoms with van der Waals surface area (Å²) in [7, 11) is 0. The van der Waals surface area contributed by atoms with E-state index in [1.165, 1.54) is 12.5 Å². The second kappa shape index (κ2) is 6.88. The van der Waals surface area contributed by atoms with Crippen molar-refractivity contribution < 1.29 is 9.21 Å². The number of rotatable bonds is 3. The van der Waals surface area contributed by atoms with E-state index in [1.54, 1.807) is 36.4 Å². The molecule has 0 N–H and O–H groups in total. The number of furan rings is 1. The Hall–Kier alpha value is -1.60. The van der Waals surface area contributed by atoms with Crippen LogP contribution in [0.15, 0.2) is 51.0 Å². The van der Waals surface area contributed by atoms with Gasteiger partial charge in [-0.15, -0.1) is 0 Å². The highest BCUT2D eigenvalue weighted by Gasteiger charge is 2.32. The normalized spacial score (nSPS) is 17.0. The Bertz CT molecular complexity index is 812. The van der Waals surface area contributed by atoms with E-state index < -0.39 is 0 Å². The summed E-state index contributed by atoms with van der Waals surface area (Å²) in [5.74, 6) is 0.249. The van der Waals surface area contributed by atoms with Gasteiger partial charge in [-0.3, -0.25) is 4.79 Å². The lowest BCUT2D eigenvalue weighted by atomic mass is 10.2. The molecule has 23 heavy (non-hydrogen) atoms. The van der Waals surface area contributed by atoms with Crippen LogP contribution in [0.3, 0.4) is 0 Å². The van der Waals surface area contributed by atoms with E-state index in [0.717, 1.165) is 16.8 Å². The lowest BCUT2D eigenvalue weighted by Gasteiger charge is -2.07. The number of nitrogens with zero attached hydrogens (tertiary/aromatic N) is 2. The van der Waals surface area contributed by atoms with Crippen molar-refractivity contribution in [2.75, 3.05) is 0 Å². The number of thioether (sulfide) groups is 1. The molecule has 0 saturated carbocycles. The molecule has 116 valence electrons. The average Bonchev–Trinajstić information content (AvgIpc) is 3.10. The molecule has 1 aliphatic rings. The van der Waals surface area contributed by atoms with Crippen LogP contribution in [0.25, 0.3) is 6.08 Å². The first-order chi connectivity index (χ1) is 11.1. The fourth-order valence-electron chi connectivity index (χ4n) is 1.81. The summed E-state index contributed by atoms with van der Waals surface area (Å²) < 4.78 is 5.52. The highest BCUT2D eigenvalue weighted by molar-refractivity contribution is 8.26. The molecule has 0 radical (unpaired) electrons. The van der Waals surface area contributed by atoms with E-state index in [2.05, 4.69) is 5.10 Å². The number of hydrogen-bond donors (Lipinski definition) is 0. The average molecular weight is 383 g/mol. The number of amides is 1. The van der Waals surface area contributed by atoms with Crippen molar-refractivity contribution in [1.82, 2.24) is 5.01 Å². The van der Waals surface area contributed by atoms with Crippen LogP contribution in [0.5, 0.6) is 0 Å². The summed E-state index contributed by atoms with van der Waals surface area (Å²) in [6.07, 6.45) is 4.58. The predicted octanol–water partition coefficient (Wildman–Crippen LogP) is 4.82. The van der Waals surface area contributed by atoms with Crippen molar-refractivity contribution in [1.29, 1.82) is 0 Å². The highest BCUT2D eigenvalue weighted by Crippen LogP contribution is 2.33. The smallest absolute Gasteiger partial charge is 0.286 e. The Kier molecular flexibility index (Phi) is 4.87. The predicted molar refractivity (Wildman–Crippen MR) is 97.8 cm³/mol. The minimum Gasteiger partial charge on any atom is -0.465 e. The summed E-state index contributed by atoms with van der Waals surface area (Å²) >= 11 is 18.5. The Labute approximate surface area is 151 Å². The summed E-state index contributed by atoms with van der Waals surface area (Å²) in [5.41, 5.74) is 0.528. The van der Waals surface area contributed by atoms with Crippen molar-refractivity contribution in [2.24, 2.45) is 5.10 Å². The van der Waals surface area contributed by atoms with Crippen LogP contribution in [-0.4, -0.2) is 21.5 Å². The van der Waals surface area contributed by atoms with Crippen LogP contribution in [0.1, 0.15) is 11.3 Å². The SMILES string of the molecule is O=C1/C(=C\c2ccco2)SC(=S)N1/N=C/c1c(Cl)cccc1Cl. The van der Waals surface area contributed by atoms with E-state index in [0.29, 0.717) is 30.6 Å². The number of hydrogen-bond acceptors (Lipinski definition) is 5. The summed E-state index contributed by atoms with van der Waals surface area (Å²) in [5, 5.41) is 6.13. The molecule has 0 aliphatic carbocycles. The first kappa shape index (κ1) is 16.3. The van der Waals surface area contributed by atoms with Gasteiger partial charge < -0.3 is 4.42 Å². The molecule has 3 rings (SSSR count). The molecule has 1 aromatic carbocycles. The van der Waals surface area contributed by atoms with E-state index >= 15 is 0 Å². The maximum atomic E-state index is 12.4. The van der Waals surface area contributed by atoms with Gasteiger partial charge in [0.15, 0.2) is 4.32 Å². The topological polar surface area (TPSA) is 45.8 Å². The standard InChI is InChI=1S/C15H8Cl2N2O2S2/c16-11-4-1-5-12(17)10(11)8-18-19-14(20)13(23-15(19)22)7-9-3-2-6-21-9/h1-8H/b13-7+,18-8+. The lowest BCUT2D eigenvalue weighted by molar-refractivity contribution is -0.122. The number of carbonyl (C=O) groups is 1. The number of hydrazone groups is 1. The van der Waals surface area contributed by atoms with Gasteiger partial charge in [-0.05, 0) is 36.5 Å². The van der Waals surface area contributed by atoms with E-state index in [-0.39, 0.29) is 5.91 Å². The Morgan fingerprint density at radius 2 is 1.96 bits per heavy atom. The molecule has 4 nitrogen and oxygen atoms in total. The van der Waals surface area contributed by atoms with Crippen molar-refractivity contribution in [3.8, 4) is 0 Å². The van der Waals surface area contributed by atoms with Crippen molar-refractivity contribution in [3.63, 3.8) is 0 Å². The van der Waals surface area contributed by atoms with Gasteiger partial charge in [-0.25, -0.2) is 0 Å². The minimum atomic E-state index is -0.323. The van der Waals surface area contributed by atoms with Gasteiger partial charge in [0.2, 0.25) is 0 Å². The number of carbonyl (C=O) groups excluding carboxylic acids is 1. The van der Waals surface area contributed by atoms with Crippen molar-refractivity contribution >= 4 is 69.7 Å². The van der Waals surface area contributed by atoms with Gasteiger partial charge >= 0.3 is 0 Å². The van der Waals surface area contributed by atoms with Gasteiger partial charge in [0.05, 0.1) is 27.4 Å². The second-order valence-electron chi connectivity index (χ2n) is 4.39. The summed E-state index contributed by atoms with van der Waals surface area (Å²) in [4.78, 5) is 12.8.